The van der Waals surface area contributed by atoms with Crippen molar-refractivity contribution in [3.05, 3.63) is 42.0 Å². The van der Waals surface area contributed by atoms with Crippen molar-refractivity contribution in [1.82, 2.24) is 0 Å². The Morgan fingerprint density at radius 3 is 2.38 bits per heavy atom. The van der Waals surface area contributed by atoms with E-state index in [1.54, 1.807) is 0 Å². The molecule has 1 N–H and O–H groups in total. The molecule has 128 valence electrons. The van der Waals surface area contributed by atoms with Gasteiger partial charge in [-0.15, -0.1) is 0 Å². The number of benzene rings is 1. The molecule has 0 unspecified atom stereocenters. The van der Waals surface area contributed by atoms with E-state index in [-0.39, 0.29) is 17.5 Å². The summed E-state index contributed by atoms with van der Waals surface area (Å²) in [5.74, 6) is -0.552. The Kier molecular flexibility index (Phi) is 4.34. The number of carbonyl (C=O) groups excluding carboxylic acids is 2. The van der Waals surface area contributed by atoms with Gasteiger partial charge in [0.15, 0.2) is 6.61 Å². The fourth-order valence-electron chi connectivity index (χ4n) is 3.24. The predicted molar refractivity (Wildman–Crippen MR) is 79.9 cm³/mol. The molecule has 2 aliphatic carbocycles. The van der Waals surface area contributed by atoms with Crippen LogP contribution in [0, 0.1) is 17.8 Å². The first-order valence-electron chi connectivity index (χ1n) is 7.65. The van der Waals surface area contributed by atoms with Crippen LogP contribution in [0.3, 0.4) is 0 Å². The average molecular weight is 339 g/mol. The van der Waals surface area contributed by atoms with Gasteiger partial charge in [-0.2, -0.15) is 13.2 Å². The van der Waals surface area contributed by atoms with Gasteiger partial charge in [-0.3, -0.25) is 9.59 Å². The molecule has 1 saturated carbocycles. The van der Waals surface area contributed by atoms with E-state index < -0.39 is 30.2 Å². The van der Waals surface area contributed by atoms with E-state index in [4.69, 9.17) is 4.74 Å². The molecule has 0 heterocycles. The summed E-state index contributed by atoms with van der Waals surface area (Å²) in [6.45, 7) is -0.447. The van der Waals surface area contributed by atoms with Crippen LogP contribution < -0.4 is 5.32 Å². The Balaban J connectivity index is 1.47. The molecule has 3 rings (SSSR count). The zero-order valence-electron chi connectivity index (χ0n) is 12.7. The van der Waals surface area contributed by atoms with Crippen molar-refractivity contribution in [2.24, 2.45) is 17.8 Å². The van der Waals surface area contributed by atoms with E-state index in [9.17, 15) is 22.8 Å². The fraction of sp³-hybridized carbons (Fsp3) is 0.412. The molecule has 0 spiro atoms. The van der Waals surface area contributed by atoms with Crippen LogP contribution in [0.25, 0.3) is 0 Å². The van der Waals surface area contributed by atoms with Crippen molar-refractivity contribution >= 4 is 17.6 Å². The number of rotatable bonds is 4. The standard InChI is InChI=1S/C17H16F3NO3/c18-17(19,20)12-3-5-13(6-4-12)21-15(22)9-24-16(23)14-8-10-1-2-11(14)7-10/h1-6,10-11,14H,7-9H2,(H,21,22)/t10-,11+,14-/m1/s1. The van der Waals surface area contributed by atoms with Crippen LogP contribution in [0.15, 0.2) is 36.4 Å². The Morgan fingerprint density at radius 2 is 1.83 bits per heavy atom. The Labute approximate surface area is 136 Å². The number of alkyl halides is 3. The summed E-state index contributed by atoms with van der Waals surface area (Å²) < 4.78 is 42.4. The average Bonchev–Trinajstić information content (AvgIpc) is 3.15. The molecular formula is C17H16F3NO3. The zero-order valence-corrected chi connectivity index (χ0v) is 12.7. The lowest BCUT2D eigenvalue weighted by Crippen LogP contribution is -2.26. The number of hydrogen-bond donors (Lipinski definition) is 1. The normalized spacial score (nSPS) is 24.9. The van der Waals surface area contributed by atoms with Gasteiger partial charge in [0.05, 0.1) is 11.5 Å². The molecule has 0 aliphatic heterocycles. The summed E-state index contributed by atoms with van der Waals surface area (Å²) in [6, 6.07) is 4.07. The van der Waals surface area contributed by atoms with E-state index >= 15 is 0 Å². The molecule has 1 fully saturated rings. The monoisotopic (exact) mass is 339 g/mol. The van der Waals surface area contributed by atoms with Crippen LogP contribution in [0.1, 0.15) is 18.4 Å². The number of anilines is 1. The molecule has 2 aliphatic rings. The van der Waals surface area contributed by atoms with Crippen molar-refractivity contribution in [3.63, 3.8) is 0 Å². The van der Waals surface area contributed by atoms with Crippen LogP contribution in [0.4, 0.5) is 18.9 Å². The van der Waals surface area contributed by atoms with Crippen molar-refractivity contribution < 1.29 is 27.5 Å². The van der Waals surface area contributed by atoms with E-state index in [1.165, 1.54) is 0 Å². The molecule has 0 radical (unpaired) electrons. The van der Waals surface area contributed by atoms with Crippen LogP contribution in [-0.4, -0.2) is 18.5 Å². The van der Waals surface area contributed by atoms with Gasteiger partial charge >= 0.3 is 12.1 Å². The number of hydrogen-bond acceptors (Lipinski definition) is 3. The predicted octanol–water partition coefficient (Wildman–Crippen LogP) is 3.40. The molecular weight excluding hydrogens is 323 g/mol. The van der Waals surface area contributed by atoms with Gasteiger partial charge in [0.25, 0.3) is 5.91 Å². The van der Waals surface area contributed by atoms with E-state index in [0.29, 0.717) is 5.92 Å². The number of fused-ring (bicyclic) bond motifs is 2. The third-order valence-corrected chi connectivity index (χ3v) is 4.42. The van der Waals surface area contributed by atoms with Gasteiger partial charge in [0.2, 0.25) is 0 Å². The zero-order chi connectivity index (χ0) is 17.3. The summed E-state index contributed by atoms with van der Waals surface area (Å²) in [5.41, 5.74) is -0.580. The second-order valence-electron chi connectivity index (χ2n) is 6.12. The van der Waals surface area contributed by atoms with Crippen LogP contribution in [0.2, 0.25) is 0 Å². The molecule has 1 aromatic carbocycles. The SMILES string of the molecule is O=C(COC(=O)[C@@H]1C[C@@H]2C=C[C@H]1C2)Nc1ccc(C(F)(F)F)cc1. The lowest BCUT2D eigenvalue weighted by molar-refractivity contribution is -0.152. The van der Waals surface area contributed by atoms with Crippen molar-refractivity contribution in [3.8, 4) is 0 Å². The minimum absolute atomic E-state index is 0.195. The topological polar surface area (TPSA) is 55.4 Å². The van der Waals surface area contributed by atoms with Crippen LogP contribution >= 0.6 is 0 Å². The van der Waals surface area contributed by atoms with E-state index in [2.05, 4.69) is 11.4 Å². The number of nitrogens with one attached hydrogen (secondary N) is 1. The number of halogens is 3. The smallest absolute Gasteiger partial charge is 0.416 e. The van der Waals surface area contributed by atoms with E-state index in [0.717, 1.165) is 37.1 Å². The number of allylic oxidation sites excluding steroid dienone is 2. The van der Waals surface area contributed by atoms with Crippen molar-refractivity contribution in [1.29, 1.82) is 0 Å². The highest BCUT2D eigenvalue weighted by molar-refractivity contribution is 5.93. The van der Waals surface area contributed by atoms with Gasteiger partial charge in [-0.25, -0.2) is 0 Å². The lowest BCUT2D eigenvalue weighted by atomic mass is 9.94. The quantitative estimate of drug-likeness (QED) is 0.676. The summed E-state index contributed by atoms with van der Waals surface area (Å²) >= 11 is 0. The summed E-state index contributed by atoms with van der Waals surface area (Å²) in [6.07, 6.45) is 1.40. The lowest BCUT2D eigenvalue weighted by Gasteiger charge is -2.16. The van der Waals surface area contributed by atoms with Crippen molar-refractivity contribution in [2.75, 3.05) is 11.9 Å². The maximum Gasteiger partial charge on any atom is 0.416 e. The first-order valence-corrected chi connectivity index (χ1v) is 7.65. The summed E-state index contributed by atoms with van der Waals surface area (Å²) in [7, 11) is 0. The largest absolute Gasteiger partial charge is 0.455 e. The Bertz CT molecular complexity index is 667. The molecule has 1 amide bonds. The highest BCUT2D eigenvalue weighted by Gasteiger charge is 2.40. The first kappa shape index (κ1) is 16.5. The summed E-state index contributed by atoms with van der Waals surface area (Å²) in [5, 5.41) is 2.40. The van der Waals surface area contributed by atoms with Gasteiger partial charge in [-0.1, -0.05) is 12.2 Å². The molecule has 0 aromatic heterocycles. The second-order valence-corrected chi connectivity index (χ2v) is 6.12. The first-order chi connectivity index (χ1) is 11.3. The van der Waals surface area contributed by atoms with Gasteiger partial charge in [-0.05, 0) is 48.9 Å². The third-order valence-electron chi connectivity index (χ3n) is 4.42. The molecule has 2 bridgehead atoms. The van der Waals surface area contributed by atoms with Gasteiger partial charge in [0, 0.05) is 5.69 Å². The highest BCUT2D eigenvalue weighted by atomic mass is 19.4. The molecule has 3 atom stereocenters. The van der Waals surface area contributed by atoms with Crippen LogP contribution in [0.5, 0.6) is 0 Å². The summed E-state index contributed by atoms with van der Waals surface area (Å²) in [4.78, 5) is 23.7. The fourth-order valence-corrected chi connectivity index (χ4v) is 3.24. The molecule has 1 aromatic rings. The van der Waals surface area contributed by atoms with Gasteiger partial charge in [0.1, 0.15) is 0 Å². The van der Waals surface area contributed by atoms with Crippen LogP contribution in [-0.2, 0) is 20.5 Å². The Hall–Kier alpha value is -2.31. The minimum Gasteiger partial charge on any atom is -0.455 e. The number of ether oxygens (including phenoxy) is 1. The Morgan fingerprint density at radius 1 is 1.12 bits per heavy atom. The third kappa shape index (κ3) is 3.60. The maximum atomic E-state index is 12.5. The highest BCUT2D eigenvalue weighted by Crippen LogP contribution is 2.43. The number of amides is 1. The minimum atomic E-state index is -4.42. The molecule has 7 heteroatoms. The van der Waals surface area contributed by atoms with E-state index in [1.807, 2.05) is 6.08 Å². The van der Waals surface area contributed by atoms with Gasteiger partial charge < -0.3 is 10.1 Å². The molecule has 0 saturated heterocycles. The second kappa shape index (κ2) is 6.30. The maximum absolute atomic E-state index is 12.5. The molecule has 24 heavy (non-hydrogen) atoms. The number of esters is 1. The molecule has 4 nitrogen and oxygen atoms in total. The number of carbonyl (C=O) groups is 2. The van der Waals surface area contributed by atoms with Crippen molar-refractivity contribution in [2.45, 2.75) is 19.0 Å².